The lowest BCUT2D eigenvalue weighted by molar-refractivity contribution is -0.117. The van der Waals surface area contributed by atoms with Crippen molar-refractivity contribution in [2.45, 2.75) is 19.9 Å². The van der Waals surface area contributed by atoms with Crippen molar-refractivity contribution in [1.82, 2.24) is 4.98 Å². The van der Waals surface area contributed by atoms with Gasteiger partial charge in [0.1, 0.15) is 11.6 Å². The number of aromatic nitrogens is 1. The highest BCUT2D eigenvalue weighted by Crippen LogP contribution is 2.36. The predicted molar refractivity (Wildman–Crippen MR) is 102 cm³/mol. The number of nitrogens with zero attached hydrogens (tertiary/aromatic N) is 2. The molecule has 1 amide bonds. The number of hydrogen-bond acceptors (Lipinski definition) is 3. The molecule has 0 unspecified atom stereocenters. The first-order valence-electron chi connectivity index (χ1n) is 8.91. The van der Waals surface area contributed by atoms with E-state index in [0.717, 1.165) is 33.8 Å². The number of anilines is 1. The third kappa shape index (κ3) is 3.40. The van der Waals surface area contributed by atoms with Gasteiger partial charge in [0.2, 0.25) is 5.91 Å². The van der Waals surface area contributed by atoms with Gasteiger partial charge in [-0.05, 0) is 36.8 Å². The highest BCUT2D eigenvalue weighted by molar-refractivity contribution is 6.01. The van der Waals surface area contributed by atoms with Crippen LogP contribution in [0.15, 0.2) is 60.8 Å². The fourth-order valence-electron chi connectivity index (χ4n) is 3.35. The van der Waals surface area contributed by atoms with Gasteiger partial charge in [-0.15, -0.1) is 0 Å². The van der Waals surface area contributed by atoms with Crippen molar-refractivity contribution < 1.29 is 13.9 Å². The molecule has 1 aromatic heterocycles. The zero-order chi connectivity index (χ0) is 18.8. The second-order valence-corrected chi connectivity index (χ2v) is 6.41. The van der Waals surface area contributed by atoms with Gasteiger partial charge < -0.3 is 9.64 Å². The number of hydrogen-bond donors (Lipinski definition) is 0. The lowest BCUT2D eigenvalue weighted by Gasteiger charge is -2.18. The standard InChI is InChI=1S/C22H19FN2O2/c1-2-27-21-9-4-3-8-18(21)16-11-20-19(24-13-16)12-22(26)25(20)14-15-6-5-7-17(23)10-15/h3-11,13H,2,12,14H2,1H3. The smallest absolute Gasteiger partial charge is 0.233 e. The van der Waals surface area contributed by atoms with E-state index in [2.05, 4.69) is 4.98 Å². The minimum absolute atomic E-state index is 0.0306. The molecule has 4 nitrogen and oxygen atoms in total. The molecule has 0 bridgehead atoms. The molecule has 1 aliphatic heterocycles. The molecule has 0 atom stereocenters. The Morgan fingerprint density at radius 2 is 2.00 bits per heavy atom. The van der Waals surface area contributed by atoms with E-state index in [1.807, 2.05) is 43.3 Å². The largest absolute Gasteiger partial charge is 0.493 e. The Morgan fingerprint density at radius 3 is 2.81 bits per heavy atom. The molecule has 0 aliphatic carbocycles. The van der Waals surface area contributed by atoms with Crippen molar-refractivity contribution >= 4 is 11.6 Å². The van der Waals surface area contributed by atoms with Crippen LogP contribution in [-0.4, -0.2) is 17.5 Å². The summed E-state index contributed by atoms with van der Waals surface area (Å²) in [5, 5.41) is 0. The molecule has 0 radical (unpaired) electrons. The molecule has 136 valence electrons. The number of pyridine rings is 1. The van der Waals surface area contributed by atoms with Crippen LogP contribution in [0.5, 0.6) is 5.75 Å². The van der Waals surface area contributed by atoms with Gasteiger partial charge in [-0.2, -0.15) is 0 Å². The van der Waals surface area contributed by atoms with Gasteiger partial charge in [-0.3, -0.25) is 9.78 Å². The van der Waals surface area contributed by atoms with Crippen molar-refractivity contribution in [3.8, 4) is 16.9 Å². The van der Waals surface area contributed by atoms with Gasteiger partial charge in [-0.25, -0.2) is 4.39 Å². The van der Waals surface area contributed by atoms with Gasteiger partial charge in [0.25, 0.3) is 0 Å². The van der Waals surface area contributed by atoms with Gasteiger partial charge in [0, 0.05) is 17.3 Å². The van der Waals surface area contributed by atoms with Crippen molar-refractivity contribution in [2.24, 2.45) is 0 Å². The number of benzene rings is 2. The number of rotatable bonds is 5. The van der Waals surface area contributed by atoms with E-state index in [0.29, 0.717) is 13.2 Å². The van der Waals surface area contributed by atoms with Crippen LogP contribution in [-0.2, 0) is 17.8 Å². The van der Waals surface area contributed by atoms with E-state index >= 15 is 0 Å². The molecule has 2 aromatic carbocycles. The SMILES string of the molecule is CCOc1ccccc1-c1cnc2c(c1)N(Cc1cccc(F)c1)C(=O)C2. The van der Waals surface area contributed by atoms with E-state index in [1.54, 1.807) is 17.2 Å². The second kappa shape index (κ2) is 7.19. The van der Waals surface area contributed by atoms with Crippen molar-refractivity contribution in [3.63, 3.8) is 0 Å². The molecule has 5 heteroatoms. The van der Waals surface area contributed by atoms with Gasteiger partial charge >= 0.3 is 0 Å². The molecule has 0 N–H and O–H groups in total. The third-order valence-electron chi connectivity index (χ3n) is 4.59. The van der Waals surface area contributed by atoms with Crippen molar-refractivity contribution in [3.05, 3.63) is 77.9 Å². The summed E-state index contributed by atoms with van der Waals surface area (Å²) >= 11 is 0. The summed E-state index contributed by atoms with van der Waals surface area (Å²) < 4.78 is 19.2. The first kappa shape index (κ1) is 17.2. The molecule has 4 rings (SSSR count). The first-order valence-corrected chi connectivity index (χ1v) is 8.91. The van der Waals surface area contributed by atoms with Gasteiger partial charge in [0.05, 0.1) is 31.0 Å². The number of fused-ring (bicyclic) bond motifs is 1. The topological polar surface area (TPSA) is 42.4 Å². The van der Waals surface area contributed by atoms with Crippen molar-refractivity contribution in [1.29, 1.82) is 0 Å². The molecule has 0 saturated carbocycles. The van der Waals surface area contributed by atoms with Gasteiger partial charge in [-0.1, -0.05) is 30.3 Å². The second-order valence-electron chi connectivity index (χ2n) is 6.41. The summed E-state index contributed by atoms with van der Waals surface area (Å²) in [4.78, 5) is 18.7. The molecular formula is C22H19FN2O2. The fraction of sp³-hybridized carbons (Fsp3) is 0.182. The van der Waals surface area contributed by atoms with Gasteiger partial charge in [0.15, 0.2) is 0 Å². The summed E-state index contributed by atoms with van der Waals surface area (Å²) in [6.07, 6.45) is 2.04. The Labute approximate surface area is 157 Å². The number of halogens is 1. The van der Waals surface area contributed by atoms with Crippen LogP contribution in [0.4, 0.5) is 10.1 Å². The van der Waals surface area contributed by atoms with Crippen LogP contribution in [0.3, 0.4) is 0 Å². The summed E-state index contributed by atoms with van der Waals surface area (Å²) in [6, 6.07) is 16.0. The highest BCUT2D eigenvalue weighted by Gasteiger charge is 2.29. The minimum atomic E-state index is -0.308. The van der Waals surface area contributed by atoms with E-state index in [-0.39, 0.29) is 18.1 Å². The maximum absolute atomic E-state index is 13.5. The molecule has 27 heavy (non-hydrogen) atoms. The zero-order valence-corrected chi connectivity index (χ0v) is 15.0. The Bertz CT molecular complexity index is 1000. The lowest BCUT2D eigenvalue weighted by atomic mass is 10.1. The molecule has 2 heterocycles. The van der Waals surface area contributed by atoms with Crippen molar-refractivity contribution in [2.75, 3.05) is 11.5 Å². The summed E-state index contributed by atoms with van der Waals surface area (Å²) in [7, 11) is 0. The number of carbonyl (C=O) groups excluding carboxylic acids is 1. The zero-order valence-electron chi connectivity index (χ0n) is 15.0. The van der Waals surface area contributed by atoms with E-state index in [4.69, 9.17) is 4.74 Å². The molecule has 1 aliphatic rings. The Balaban J connectivity index is 1.71. The average molecular weight is 362 g/mol. The fourth-order valence-corrected chi connectivity index (χ4v) is 3.35. The highest BCUT2D eigenvalue weighted by atomic mass is 19.1. The average Bonchev–Trinajstić information content (AvgIpc) is 2.97. The minimum Gasteiger partial charge on any atom is -0.493 e. The Hall–Kier alpha value is -3.21. The lowest BCUT2D eigenvalue weighted by Crippen LogP contribution is -2.26. The number of amides is 1. The maximum atomic E-state index is 13.5. The summed E-state index contributed by atoms with van der Waals surface area (Å²) in [6.45, 7) is 2.83. The van der Waals surface area contributed by atoms with Crippen LogP contribution in [0.25, 0.3) is 11.1 Å². The third-order valence-corrected chi connectivity index (χ3v) is 4.59. The van der Waals surface area contributed by atoms with Crippen LogP contribution in [0.1, 0.15) is 18.2 Å². The van der Waals surface area contributed by atoms with Crippen LogP contribution in [0, 0.1) is 5.82 Å². The molecular weight excluding hydrogens is 343 g/mol. The maximum Gasteiger partial charge on any atom is 0.233 e. The monoisotopic (exact) mass is 362 g/mol. The predicted octanol–water partition coefficient (Wildman–Crippen LogP) is 4.38. The Kier molecular flexibility index (Phi) is 4.59. The van der Waals surface area contributed by atoms with Crippen LogP contribution < -0.4 is 9.64 Å². The van der Waals surface area contributed by atoms with Crippen LogP contribution in [0.2, 0.25) is 0 Å². The molecule has 0 spiro atoms. The quantitative estimate of drug-likeness (QED) is 0.677. The Morgan fingerprint density at radius 1 is 1.15 bits per heavy atom. The molecule has 3 aromatic rings. The van der Waals surface area contributed by atoms with E-state index in [1.165, 1.54) is 12.1 Å². The molecule has 0 fully saturated rings. The molecule has 0 saturated heterocycles. The van der Waals surface area contributed by atoms with Crippen LogP contribution >= 0.6 is 0 Å². The number of para-hydroxylation sites is 1. The summed E-state index contributed by atoms with van der Waals surface area (Å²) in [5.74, 6) is 0.441. The normalized spacial score (nSPS) is 13.0. The summed E-state index contributed by atoms with van der Waals surface area (Å²) in [5.41, 5.74) is 4.08. The first-order chi connectivity index (χ1) is 13.2. The van der Waals surface area contributed by atoms with E-state index < -0.39 is 0 Å². The number of ether oxygens (including phenoxy) is 1. The number of carbonyl (C=O) groups is 1. The van der Waals surface area contributed by atoms with E-state index in [9.17, 15) is 9.18 Å².